The van der Waals surface area contributed by atoms with E-state index in [0.717, 1.165) is 34.1 Å². The summed E-state index contributed by atoms with van der Waals surface area (Å²) in [6, 6.07) is 103. The van der Waals surface area contributed by atoms with Crippen molar-refractivity contribution in [2.45, 2.75) is 10.8 Å². The van der Waals surface area contributed by atoms with Gasteiger partial charge in [0.25, 0.3) is 0 Å². The summed E-state index contributed by atoms with van der Waals surface area (Å²) in [4.78, 5) is 4.99. The Kier molecular flexibility index (Phi) is 11.3. The van der Waals surface area contributed by atoms with E-state index in [0.29, 0.717) is 0 Å². The van der Waals surface area contributed by atoms with E-state index < -0.39 is 10.8 Å². The summed E-state index contributed by atoms with van der Waals surface area (Å²) in [5.41, 5.74) is 32.5. The van der Waals surface area contributed by atoms with E-state index >= 15 is 0 Å². The zero-order chi connectivity index (χ0) is 54.6. The first-order valence-corrected chi connectivity index (χ1v) is 28.5. The van der Waals surface area contributed by atoms with E-state index in [4.69, 9.17) is 0 Å². The summed E-state index contributed by atoms with van der Waals surface area (Å²) in [7, 11) is 11.4. The monoisotopic (exact) mass is 1030 g/mol. The second-order valence-corrected chi connectivity index (χ2v) is 22.4. The molecule has 0 N–H and O–H groups in total. The van der Waals surface area contributed by atoms with Crippen molar-refractivity contribution < 1.29 is 0 Å². The lowest BCUT2D eigenvalue weighted by Crippen LogP contribution is -2.55. The molecule has 0 saturated carbocycles. The van der Waals surface area contributed by atoms with E-state index in [-0.39, 0.29) is 0 Å². The molecule has 0 amide bonds. The van der Waals surface area contributed by atoms with Gasteiger partial charge in [0.15, 0.2) is 0 Å². The molecule has 15 rings (SSSR count). The Morgan fingerprint density at radius 2 is 0.605 bits per heavy atom. The van der Waals surface area contributed by atoms with Gasteiger partial charge in [0.2, 0.25) is 0 Å². The van der Waals surface area contributed by atoms with Gasteiger partial charge < -0.3 is 9.80 Å². The molecular weight excluding hydrogens is 971 g/mol. The largest absolute Gasteiger partial charge is 0.310 e. The highest BCUT2D eigenvalue weighted by Crippen LogP contribution is 2.65. The first-order valence-electron chi connectivity index (χ1n) is 28.5. The van der Waals surface area contributed by atoms with Gasteiger partial charge in [0.05, 0.1) is 16.5 Å². The predicted octanol–water partition coefficient (Wildman–Crippen LogP) is 10.3. The minimum atomic E-state index is -0.647. The summed E-state index contributed by atoms with van der Waals surface area (Å²) < 4.78 is 0. The fraction of sp³-hybridized carbons (Fsp3) is 0.0270. The Labute approximate surface area is 480 Å². The third kappa shape index (κ3) is 7.01. The molecule has 0 fully saturated rings. The Bertz CT molecular complexity index is 4350. The van der Waals surface area contributed by atoms with Gasteiger partial charge in [-0.1, -0.05) is 217 Å². The van der Waals surface area contributed by atoms with Gasteiger partial charge in [-0.05, 0) is 150 Å². The molecule has 7 heteroatoms. The number of hydrogen-bond acceptors (Lipinski definition) is 2. The van der Waals surface area contributed by atoms with Crippen molar-refractivity contribution in [1.29, 1.82) is 0 Å². The average molecular weight is 1030 g/mol. The van der Waals surface area contributed by atoms with E-state index in [1.807, 2.05) is 0 Å². The average Bonchev–Trinajstić information content (AvgIpc) is 4.17. The van der Waals surface area contributed by atoms with Gasteiger partial charge in [-0.15, -0.1) is 16.4 Å². The third-order valence-electron chi connectivity index (χ3n) is 18.7. The first-order chi connectivity index (χ1) is 39.8. The number of nitrogens with zero attached hydrogens (tertiary/aromatic N) is 2. The van der Waals surface area contributed by atoms with Gasteiger partial charge >= 0.3 is 0 Å². The van der Waals surface area contributed by atoms with Crippen LogP contribution in [0.4, 0.5) is 34.1 Å². The lowest BCUT2D eigenvalue weighted by Gasteiger charge is -2.38. The molecule has 0 saturated heterocycles. The van der Waals surface area contributed by atoms with Gasteiger partial charge in [-0.25, -0.2) is 0 Å². The number of rotatable bonds is 9. The number of para-hydroxylation sites is 2. The van der Waals surface area contributed by atoms with Crippen LogP contribution in [0, 0.1) is 0 Å². The summed E-state index contributed by atoms with van der Waals surface area (Å²) >= 11 is 0. The van der Waals surface area contributed by atoms with Crippen molar-refractivity contribution in [1.82, 2.24) is 0 Å². The molecule has 12 aromatic carbocycles. The number of hydrogen-bond donors (Lipinski definition) is 0. The second kappa shape index (κ2) is 18.9. The molecular formula is C74H55B5N2. The minimum absolute atomic E-state index is 0.638. The van der Waals surface area contributed by atoms with Crippen molar-refractivity contribution in [3.05, 3.63) is 317 Å². The van der Waals surface area contributed by atoms with Crippen LogP contribution in [0.5, 0.6) is 0 Å². The topological polar surface area (TPSA) is 6.48 Å². The maximum absolute atomic E-state index is 2.59. The van der Waals surface area contributed by atoms with Crippen molar-refractivity contribution in [2.24, 2.45) is 0 Å². The van der Waals surface area contributed by atoms with E-state index in [9.17, 15) is 0 Å². The van der Waals surface area contributed by atoms with Crippen LogP contribution in [0.2, 0.25) is 0 Å². The lowest BCUT2D eigenvalue weighted by atomic mass is 9.60. The number of benzene rings is 12. The SMILES string of the molecule is Bc1c(B)c(B)c(-c2ccc(N(c3ccc4c(c3)C3(c5ccccc5-c5ccc(N(c6ccccc6)c6ccccc6)cc53)c3ccccc3-4)c3cccc4c3C(c3ccccc3)(c3ccccc3)c3ccccc3-4)cc2)c(B)c1B. The molecule has 0 aromatic heterocycles. The quantitative estimate of drug-likeness (QED) is 0.133. The summed E-state index contributed by atoms with van der Waals surface area (Å²) in [5.74, 6) is 0. The molecule has 0 bridgehead atoms. The van der Waals surface area contributed by atoms with Crippen LogP contribution in [0.3, 0.4) is 0 Å². The van der Waals surface area contributed by atoms with Crippen molar-refractivity contribution in [3.8, 4) is 44.5 Å². The van der Waals surface area contributed by atoms with Crippen LogP contribution in [-0.4, -0.2) is 39.2 Å². The van der Waals surface area contributed by atoms with Crippen molar-refractivity contribution >= 4 is 101 Å². The third-order valence-corrected chi connectivity index (χ3v) is 18.7. The standard InChI is InChI=1S/C74H55B5N2/c75-68-66(69(76)71(78)72(79)70(68)77)46-36-38-51(39-37-46)81(65-35-19-31-59-56-30-15-16-32-60(56)73(67(59)65,47-20-5-1-6-21-47)48-22-7-2-8-23-48)53-41-43-58-55-29-14-18-34-62(55)74(64(58)45-53)61-33-17-13-28-54(61)57-42-40-52(44-63(57)74)80(49-24-9-3-10-25-49)50-26-11-4-12-27-50/h1-45H,75-79H2. The molecule has 0 aliphatic heterocycles. The molecule has 0 heterocycles. The maximum atomic E-state index is 2.59. The number of anilines is 6. The maximum Gasteiger partial charge on any atom is 0.139 e. The minimum Gasteiger partial charge on any atom is -0.310 e. The molecule has 81 heavy (non-hydrogen) atoms. The van der Waals surface area contributed by atoms with Crippen molar-refractivity contribution in [2.75, 3.05) is 9.80 Å². The zero-order valence-electron chi connectivity index (χ0n) is 46.4. The molecule has 2 nitrogen and oxygen atoms in total. The van der Waals surface area contributed by atoms with Crippen LogP contribution in [0.25, 0.3) is 44.5 Å². The Hall–Kier alpha value is -9.44. The fourth-order valence-electron chi connectivity index (χ4n) is 14.8. The first kappa shape index (κ1) is 48.7. The Balaban J connectivity index is 1.02. The van der Waals surface area contributed by atoms with Crippen LogP contribution in [0.15, 0.2) is 273 Å². The van der Waals surface area contributed by atoms with Gasteiger partial charge in [0.1, 0.15) is 39.2 Å². The van der Waals surface area contributed by atoms with Crippen LogP contribution in [0.1, 0.15) is 44.5 Å². The second-order valence-electron chi connectivity index (χ2n) is 22.4. The lowest BCUT2D eigenvalue weighted by molar-refractivity contribution is 0.767. The molecule has 3 aliphatic rings. The highest BCUT2D eigenvalue weighted by Gasteiger charge is 2.53. The molecule has 0 radical (unpaired) electrons. The van der Waals surface area contributed by atoms with Gasteiger partial charge in [-0.2, -0.15) is 0 Å². The van der Waals surface area contributed by atoms with Crippen LogP contribution < -0.4 is 37.1 Å². The molecule has 1 atom stereocenters. The van der Waals surface area contributed by atoms with Gasteiger partial charge in [0, 0.05) is 34.0 Å². The Morgan fingerprint density at radius 1 is 0.247 bits per heavy atom. The van der Waals surface area contributed by atoms with Crippen LogP contribution >= 0.6 is 0 Å². The molecule has 1 spiro atoms. The molecule has 1 unspecified atom stereocenters. The summed E-state index contributed by atoms with van der Waals surface area (Å²) in [6.45, 7) is 0. The Morgan fingerprint density at radius 3 is 1.10 bits per heavy atom. The van der Waals surface area contributed by atoms with Crippen molar-refractivity contribution in [3.63, 3.8) is 0 Å². The van der Waals surface area contributed by atoms with Crippen LogP contribution in [-0.2, 0) is 10.8 Å². The molecule has 12 aromatic rings. The normalized spacial score (nSPS) is 14.6. The summed E-state index contributed by atoms with van der Waals surface area (Å²) in [5, 5.41) is 0. The molecule has 3 aliphatic carbocycles. The highest BCUT2D eigenvalue weighted by atomic mass is 15.2. The molecule has 376 valence electrons. The zero-order valence-corrected chi connectivity index (χ0v) is 46.4. The highest BCUT2D eigenvalue weighted by molar-refractivity contribution is 6.68. The summed E-state index contributed by atoms with van der Waals surface area (Å²) in [6.07, 6.45) is 0. The predicted molar refractivity (Wildman–Crippen MR) is 356 cm³/mol. The van der Waals surface area contributed by atoms with E-state index in [1.165, 1.54) is 116 Å². The van der Waals surface area contributed by atoms with E-state index in [1.54, 1.807) is 0 Å². The van der Waals surface area contributed by atoms with E-state index in [2.05, 4.69) is 322 Å². The number of fused-ring (bicyclic) bond motifs is 13. The fourth-order valence-corrected chi connectivity index (χ4v) is 14.8. The smallest absolute Gasteiger partial charge is 0.139 e. The van der Waals surface area contributed by atoms with Gasteiger partial charge in [-0.3, -0.25) is 0 Å².